The van der Waals surface area contributed by atoms with Crippen LogP contribution in [0.4, 0.5) is 5.69 Å². The molecule has 8 nitrogen and oxygen atoms in total. The van der Waals surface area contributed by atoms with E-state index in [1.54, 1.807) is 4.90 Å². The van der Waals surface area contributed by atoms with Crippen molar-refractivity contribution >= 4 is 23.4 Å². The molecule has 5 rings (SSSR count). The van der Waals surface area contributed by atoms with Gasteiger partial charge in [0.2, 0.25) is 17.7 Å². The third-order valence-corrected chi connectivity index (χ3v) is 9.98. The first-order valence-corrected chi connectivity index (χ1v) is 15.8. The zero-order chi connectivity index (χ0) is 29.3. The zero-order valence-electron chi connectivity index (χ0n) is 25.4. The summed E-state index contributed by atoms with van der Waals surface area (Å²) < 4.78 is 6.52. The van der Waals surface area contributed by atoms with Gasteiger partial charge in [-0.05, 0) is 68.4 Å². The van der Waals surface area contributed by atoms with Crippen molar-refractivity contribution < 1.29 is 19.1 Å². The lowest BCUT2D eigenvalue weighted by atomic mass is 9.74. The Bertz CT molecular complexity index is 1150. The first kappa shape index (κ1) is 29.8. The molecule has 3 heterocycles. The van der Waals surface area contributed by atoms with Gasteiger partial charge in [0, 0.05) is 18.3 Å². The number of nitrogens with one attached hydrogen (secondary N) is 2. The van der Waals surface area contributed by atoms with Crippen molar-refractivity contribution in [2.75, 3.05) is 31.5 Å². The van der Waals surface area contributed by atoms with Crippen LogP contribution in [0, 0.1) is 17.8 Å². The molecule has 224 valence electrons. The van der Waals surface area contributed by atoms with Gasteiger partial charge < -0.3 is 25.2 Å². The van der Waals surface area contributed by atoms with Crippen LogP contribution in [0.15, 0.2) is 36.4 Å². The van der Waals surface area contributed by atoms with Gasteiger partial charge in [-0.15, -0.1) is 0 Å². The lowest BCUT2D eigenvalue weighted by Gasteiger charge is -2.36. The third kappa shape index (κ3) is 5.57. The van der Waals surface area contributed by atoms with E-state index in [0.717, 1.165) is 45.3 Å². The monoisotopic (exact) mass is 564 g/mol. The molecule has 2 N–H and O–H groups in total. The molecule has 1 aliphatic carbocycles. The predicted molar refractivity (Wildman–Crippen MR) is 160 cm³/mol. The Labute approximate surface area is 245 Å². The van der Waals surface area contributed by atoms with E-state index in [4.69, 9.17) is 4.74 Å². The summed E-state index contributed by atoms with van der Waals surface area (Å²) >= 11 is 0. The van der Waals surface area contributed by atoms with Crippen LogP contribution in [0.5, 0.6) is 0 Å². The molecule has 0 aromatic heterocycles. The maximum absolute atomic E-state index is 14.2. The fraction of sp³-hybridized carbons (Fsp3) is 0.667. The van der Waals surface area contributed by atoms with E-state index in [2.05, 4.69) is 50.2 Å². The van der Waals surface area contributed by atoms with Gasteiger partial charge in [-0.1, -0.05) is 71.7 Å². The fourth-order valence-corrected chi connectivity index (χ4v) is 7.48. The number of rotatable bonds is 11. The number of likely N-dealkylation sites (tertiary alicyclic amines) is 1. The minimum absolute atomic E-state index is 0.0924. The molecule has 1 aromatic carbocycles. The highest BCUT2D eigenvalue weighted by molar-refractivity contribution is 6.02. The molecule has 7 atom stereocenters. The van der Waals surface area contributed by atoms with Crippen molar-refractivity contribution in [3.63, 3.8) is 0 Å². The Morgan fingerprint density at radius 2 is 1.80 bits per heavy atom. The van der Waals surface area contributed by atoms with Crippen molar-refractivity contribution in [2.24, 2.45) is 17.8 Å². The Kier molecular flexibility index (Phi) is 8.90. The van der Waals surface area contributed by atoms with Crippen LogP contribution >= 0.6 is 0 Å². The number of hydrogen-bond acceptors (Lipinski definition) is 5. The summed E-state index contributed by atoms with van der Waals surface area (Å²) in [5, 5.41) is 6.35. The molecule has 1 aromatic rings. The fourth-order valence-electron chi connectivity index (χ4n) is 7.48. The molecule has 3 aliphatic heterocycles. The van der Waals surface area contributed by atoms with Crippen LogP contribution in [0.2, 0.25) is 0 Å². The van der Waals surface area contributed by atoms with Crippen molar-refractivity contribution in [3.05, 3.63) is 42.0 Å². The Hall–Kier alpha value is -2.71. The highest BCUT2D eigenvalue weighted by Gasteiger charge is 2.72. The number of benzene rings is 1. The summed E-state index contributed by atoms with van der Waals surface area (Å²) in [4.78, 5) is 46.0. The standard InChI is InChI=1S/C33H48N4O4/c1-6-36(7-2)19-10-20-37-29(31(39)35-25-12-9-8-11-22(25)5)33-18-17-26(41-33)27(28(33)32(37)40)30(38)34-24-15-13-23(14-16-24)21(3)4/h13-18,21-22,25-29H,6-12,19-20H2,1-5H3,(H,34,38)(H,35,39)/t22-,25+,26-,27+,28-,29-,33-/m0/s1. The summed E-state index contributed by atoms with van der Waals surface area (Å²) in [5.74, 6) is -1.16. The van der Waals surface area contributed by atoms with Crippen molar-refractivity contribution in [3.8, 4) is 0 Å². The van der Waals surface area contributed by atoms with E-state index in [1.165, 1.54) is 12.0 Å². The molecule has 0 radical (unpaired) electrons. The number of carbonyl (C=O) groups excluding carboxylic acids is 3. The summed E-state index contributed by atoms with van der Waals surface area (Å²) in [6, 6.07) is 7.16. The van der Waals surface area contributed by atoms with Crippen LogP contribution in [-0.2, 0) is 19.1 Å². The van der Waals surface area contributed by atoms with Gasteiger partial charge in [-0.25, -0.2) is 0 Å². The molecule has 4 aliphatic rings. The summed E-state index contributed by atoms with van der Waals surface area (Å²) in [5.41, 5.74) is 0.769. The number of carbonyl (C=O) groups is 3. The second-order valence-corrected chi connectivity index (χ2v) is 12.8. The summed E-state index contributed by atoms with van der Waals surface area (Å²) in [6.45, 7) is 13.9. The molecular weight excluding hydrogens is 516 g/mol. The molecule has 1 saturated carbocycles. The molecule has 0 unspecified atom stereocenters. The van der Waals surface area contributed by atoms with Crippen molar-refractivity contribution in [1.82, 2.24) is 15.1 Å². The Balaban J connectivity index is 1.39. The molecule has 3 fully saturated rings. The van der Waals surface area contributed by atoms with Gasteiger partial charge in [0.15, 0.2) is 0 Å². The summed E-state index contributed by atoms with van der Waals surface area (Å²) in [6.07, 6.45) is 8.34. The van der Waals surface area contributed by atoms with Gasteiger partial charge in [-0.2, -0.15) is 0 Å². The average molecular weight is 565 g/mol. The van der Waals surface area contributed by atoms with Gasteiger partial charge >= 0.3 is 0 Å². The second-order valence-electron chi connectivity index (χ2n) is 12.8. The zero-order valence-corrected chi connectivity index (χ0v) is 25.4. The molecule has 2 saturated heterocycles. The smallest absolute Gasteiger partial charge is 0.246 e. The molecule has 2 bridgehead atoms. The topological polar surface area (TPSA) is 91.0 Å². The molecular formula is C33H48N4O4. The van der Waals surface area contributed by atoms with E-state index in [1.807, 2.05) is 36.4 Å². The van der Waals surface area contributed by atoms with Crippen LogP contribution in [0.25, 0.3) is 0 Å². The molecule has 1 spiro atoms. The maximum atomic E-state index is 14.2. The third-order valence-electron chi connectivity index (χ3n) is 9.98. The SMILES string of the molecule is CCN(CC)CCCN1C(=O)[C@@H]2[C@H](C(=O)Nc3ccc(C(C)C)cc3)[C@@H]3C=C[C@@]2(O3)[C@@H]1C(=O)N[C@@H]1CCCC[C@@H]1C. The van der Waals surface area contributed by atoms with Crippen LogP contribution in [-0.4, -0.2) is 77.5 Å². The van der Waals surface area contributed by atoms with E-state index in [9.17, 15) is 14.4 Å². The minimum Gasteiger partial charge on any atom is -0.359 e. The Morgan fingerprint density at radius 3 is 2.46 bits per heavy atom. The van der Waals surface area contributed by atoms with Crippen molar-refractivity contribution in [2.45, 2.75) is 96.4 Å². The number of hydrogen-bond donors (Lipinski definition) is 2. The number of amides is 3. The van der Waals surface area contributed by atoms with Crippen LogP contribution in [0.3, 0.4) is 0 Å². The highest BCUT2D eigenvalue weighted by Crippen LogP contribution is 2.55. The highest BCUT2D eigenvalue weighted by atomic mass is 16.5. The van der Waals surface area contributed by atoms with Gasteiger partial charge in [0.05, 0.1) is 17.9 Å². The van der Waals surface area contributed by atoms with Crippen molar-refractivity contribution in [1.29, 1.82) is 0 Å². The number of nitrogens with zero attached hydrogens (tertiary/aromatic N) is 2. The van der Waals surface area contributed by atoms with Crippen LogP contribution < -0.4 is 10.6 Å². The van der Waals surface area contributed by atoms with E-state index in [-0.39, 0.29) is 23.8 Å². The average Bonchev–Trinajstić information content (AvgIpc) is 3.60. The first-order valence-electron chi connectivity index (χ1n) is 15.8. The lowest BCUT2D eigenvalue weighted by molar-refractivity contribution is -0.141. The minimum atomic E-state index is -1.12. The number of fused-ring (bicyclic) bond motifs is 1. The number of anilines is 1. The predicted octanol–water partition coefficient (Wildman–Crippen LogP) is 4.33. The van der Waals surface area contributed by atoms with E-state index < -0.39 is 29.6 Å². The van der Waals surface area contributed by atoms with E-state index in [0.29, 0.717) is 24.1 Å². The van der Waals surface area contributed by atoms with Crippen LogP contribution in [0.1, 0.15) is 78.2 Å². The molecule has 3 amide bonds. The normalized spacial score (nSPS) is 32.2. The number of ether oxygens (including phenoxy) is 1. The Morgan fingerprint density at radius 1 is 1.10 bits per heavy atom. The largest absolute Gasteiger partial charge is 0.359 e. The molecule has 41 heavy (non-hydrogen) atoms. The van der Waals surface area contributed by atoms with Gasteiger partial charge in [0.1, 0.15) is 11.6 Å². The maximum Gasteiger partial charge on any atom is 0.246 e. The van der Waals surface area contributed by atoms with Gasteiger partial charge in [-0.3, -0.25) is 14.4 Å². The quantitative estimate of drug-likeness (QED) is 0.391. The molecule has 8 heteroatoms. The second kappa shape index (κ2) is 12.3. The lowest BCUT2D eigenvalue weighted by Crippen LogP contribution is -2.57. The summed E-state index contributed by atoms with van der Waals surface area (Å²) in [7, 11) is 0. The van der Waals surface area contributed by atoms with E-state index >= 15 is 0 Å². The first-order chi connectivity index (χ1) is 19.7. The van der Waals surface area contributed by atoms with Gasteiger partial charge in [0.25, 0.3) is 0 Å².